The molecule has 1 aliphatic rings. The van der Waals surface area contributed by atoms with E-state index < -0.39 is 15.9 Å². The fourth-order valence-corrected chi connectivity index (χ4v) is 6.08. The largest absolute Gasteiger partial charge is 0.445 e. The maximum Gasteiger partial charge on any atom is 0.407 e. The number of sulfone groups is 1. The lowest BCUT2D eigenvalue weighted by atomic mass is 10.00. The van der Waals surface area contributed by atoms with Gasteiger partial charge in [0.15, 0.2) is 9.84 Å². The fourth-order valence-electron chi connectivity index (χ4n) is 5.45. The van der Waals surface area contributed by atoms with Crippen molar-refractivity contribution in [3.05, 3.63) is 102 Å². The molecular weight excluding hydrogens is 550 g/mol. The highest BCUT2D eigenvalue weighted by Crippen LogP contribution is 2.22. The van der Waals surface area contributed by atoms with Crippen LogP contribution in [-0.2, 0) is 32.4 Å². The van der Waals surface area contributed by atoms with Gasteiger partial charge in [-0.25, -0.2) is 13.2 Å². The van der Waals surface area contributed by atoms with Gasteiger partial charge >= 0.3 is 6.09 Å². The summed E-state index contributed by atoms with van der Waals surface area (Å²) in [6.45, 7) is 5.42. The average Bonchev–Trinajstić information content (AvgIpc) is 3.00. The minimum Gasteiger partial charge on any atom is -0.445 e. The van der Waals surface area contributed by atoms with Crippen molar-refractivity contribution < 1.29 is 22.7 Å². The van der Waals surface area contributed by atoms with Gasteiger partial charge in [0.2, 0.25) is 5.91 Å². The van der Waals surface area contributed by atoms with E-state index in [2.05, 4.69) is 10.2 Å². The molecule has 0 radical (unpaired) electrons. The van der Waals surface area contributed by atoms with Crippen LogP contribution in [0.2, 0.25) is 0 Å². The van der Waals surface area contributed by atoms with Gasteiger partial charge in [0.25, 0.3) is 0 Å². The molecule has 1 fully saturated rings. The first kappa shape index (κ1) is 31.3. The average molecular weight is 592 g/mol. The summed E-state index contributed by atoms with van der Waals surface area (Å²) in [6.07, 6.45) is 3.51. The van der Waals surface area contributed by atoms with Crippen LogP contribution in [0.1, 0.15) is 48.9 Å². The van der Waals surface area contributed by atoms with Crippen molar-refractivity contribution in [3.8, 4) is 0 Å². The number of alkyl carbamates (subject to hydrolysis) is 1. The lowest BCUT2D eigenvalue weighted by Crippen LogP contribution is -2.48. The number of likely N-dealkylation sites (N-methyl/N-ethyl adjacent to an activating group) is 1. The summed E-state index contributed by atoms with van der Waals surface area (Å²) in [5.41, 5.74) is 2.79. The zero-order valence-corrected chi connectivity index (χ0v) is 25.3. The van der Waals surface area contributed by atoms with Crippen LogP contribution in [0.5, 0.6) is 0 Å². The number of nitrogens with one attached hydrogen (secondary N) is 1. The smallest absolute Gasteiger partial charge is 0.407 e. The van der Waals surface area contributed by atoms with Gasteiger partial charge in [-0.2, -0.15) is 0 Å². The van der Waals surface area contributed by atoms with Gasteiger partial charge < -0.3 is 19.9 Å². The summed E-state index contributed by atoms with van der Waals surface area (Å²) in [5.74, 6) is 0.0606. The number of ether oxygens (including phenoxy) is 1. The van der Waals surface area contributed by atoms with Crippen molar-refractivity contribution in [2.45, 2.75) is 56.2 Å². The van der Waals surface area contributed by atoms with E-state index in [-0.39, 0.29) is 35.9 Å². The second-order valence-corrected chi connectivity index (χ2v) is 12.8. The van der Waals surface area contributed by atoms with Gasteiger partial charge in [0.05, 0.1) is 17.4 Å². The molecule has 0 saturated carbocycles. The first-order valence-corrected chi connectivity index (χ1v) is 16.4. The molecule has 1 N–H and O–H groups in total. The molecule has 42 heavy (non-hydrogen) atoms. The lowest BCUT2D eigenvalue weighted by Gasteiger charge is -2.38. The number of hydrogen-bond acceptors (Lipinski definition) is 6. The molecule has 0 unspecified atom stereocenters. The van der Waals surface area contributed by atoms with Crippen molar-refractivity contribution >= 4 is 21.8 Å². The Kier molecular flexibility index (Phi) is 11.1. The summed E-state index contributed by atoms with van der Waals surface area (Å²) in [6, 6.07) is 26.1. The van der Waals surface area contributed by atoms with Crippen molar-refractivity contribution in [1.29, 1.82) is 0 Å². The van der Waals surface area contributed by atoms with Crippen LogP contribution in [0.4, 0.5) is 4.79 Å². The van der Waals surface area contributed by atoms with Crippen LogP contribution in [0.25, 0.3) is 0 Å². The number of rotatable bonds is 12. The molecule has 0 aliphatic carbocycles. The molecule has 224 valence electrons. The summed E-state index contributed by atoms with van der Waals surface area (Å²) in [7, 11) is -3.26. The van der Waals surface area contributed by atoms with Crippen molar-refractivity contribution in [2.24, 2.45) is 0 Å². The number of carbonyl (C=O) groups excluding carboxylic acids is 2. The van der Waals surface area contributed by atoms with E-state index in [4.69, 9.17) is 4.74 Å². The van der Waals surface area contributed by atoms with Crippen LogP contribution in [-0.4, -0.2) is 68.7 Å². The molecule has 2 amide bonds. The molecule has 8 nitrogen and oxygen atoms in total. The quantitative estimate of drug-likeness (QED) is 0.318. The van der Waals surface area contributed by atoms with Gasteiger partial charge in [-0.1, -0.05) is 72.8 Å². The van der Waals surface area contributed by atoms with E-state index in [0.29, 0.717) is 6.54 Å². The Balaban J connectivity index is 1.27. The zero-order valence-electron chi connectivity index (χ0n) is 24.4. The second-order valence-electron chi connectivity index (χ2n) is 10.8. The van der Waals surface area contributed by atoms with Crippen LogP contribution in [0, 0.1) is 0 Å². The van der Waals surface area contributed by atoms with E-state index in [1.165, 1.54) is 6.26 Å². The monoisotopic (exact) mass is 591 g/mol. The first-order valence-electron chi connectivity index (χ1n) is 14.6. The van der Waals surface area contributed by atoms with Gasteiger partial charge in [0.1, 0.15) is 6.61 Å². The third-order valence-corrected chi connectivity index (χ3v) is 8.94. The first-order chi connectivity index (χ1) is 20.2. The standard InChI is InChI=1S/C33H41N3O5S/c1-3-36(32(37)24-26-14-16-30(17-15-26)42(2,39)40)29-18-21-35(22-19-29)23-20-31(28-12-8-5-9-13-28)34-33(38)41-25-27-10-6-4-7-11-27/h4-17,29,31H,3,18-25H2,1-2H3,(H,34,38)/t31-/m0/s1. The van der Waals surface area contributed by atoms with Crippen molar-refractivity contribution in [1.82, 2.24) is 15.1 Å². The summed E-state index contributed by atoms with van der Waals surface area (Å²) in [4.78, 5) is 30.4. The number of likely N-dealkylation sites (tertiary alicyclic amines) is 1. The number of carbonyl (C=O) groups is 2. The number of amides is 2. The van der Waals surface area contributed by atoms with Crippen molar-refractivity contribution in [3.63, 3.8) is 0 Å². The normalized spacial score (nSPS) is 15.1. The SMILES string of the molecule is CCN(C(=O)Cc1ccc(S(C)(=O)=O)cc1)C1CCN(CC[C@H](NC(=O)OCc2ccccc2)c2ccccc2)CC1. The lowest BCUT2D eigenvalue weighted by molar-refractivity contribution is -0.133. The predicted molar refractivity (Wildman–Crippen MR) is 164 cm³/mol. The molecule has 0 bridgehead atoms. The van der Waals surface area contributed by atoms with Crippen molar-refractivity contribution in [2.75, 3.05) is 32.4 Å². The van der Waals surface area contributed by atoms with E-state index in [1.54, 1.807) is 24.3 Å². The number of piperidine rings is 1. The van der Waals surface area contributed by atoms with Crippen LogP contribution < -0.4 is 5.32 Å². The Hall–Kier alpha value is -3.69. The molecule has 3 aromatic carbocycles. The highest BCUT2D eigenvalue weighted by atomic mass is 32.2. The second kappa shape index (κ2) is 15.0. The highest BCUT2D eigenvalue weighted by molar-refractivity contribution is 7.90. The molecule has 3 aromatic rings. The highest BCUT2D eigenvalue weighted by Gasteiger charge is 2.27. The van der Waals surface area contributed by atoms with E-state index in [9.17, 15) is 18.0 Å². The summed E-state index contributed by atoms with van der Waals surface area (Å²) >= 11 is 0. The topological polar surface area (TPSA) is 96.0 Å². The molecule has 1 atom stereocenters. The molecule has 0 aromatic heterocycles. The predicted octanol–water partition coefficient (Wildman–Crippen LogP) is 5.00. The molecule has 0 spiro atoms. The Morgan fingerprint density at radius 2 is 1.55 bits per heavy atom. The van der Waals surface area contributed by atoms with E-state index in [1.807, 2.05) is 72.5 Å². The minimum atomic E-state index is -3.26. The molecule has 1 aliphatic heterocycles. The minimum absolute atomic E-state index is 0.0606. The summed E-state index contributed by atoms with van der Waals surface area (Å²) in [5, 5.41) is 3.05. The maximum absolute atomic E-state index is 13.2. The molecule has 1 saturated heterocycles. The van der Waals surface area contributed by atoms with Gasteiger partial charge in [-0.05, 0) is 55.0 Å². The number of hydrogen-bond donors (Lipinski definition) is 1. The number of benzene rings is 3. The molecule has 4 rings (SSSR count). The third kappa shape index (κ3) is 9.16. The Labute approximate surface area is 249 Å². The van der Waals surface area contributed by atoms with Gasteiger partial charge in [0, 0.05) is 38.5 Å². The van der Waals surface area contributed by atoms with Gasteiger partial charge in [-0.15, -0.1) is 0 Å². The third-order valence-electron chi connectivity index (χ3n) is 7.81. The van der Waals surface area contributed by atoms with E-state index in [0.717, 1.165) is 55.6 Å². The Bertz CT molecular complexity index is 1390. The Morgan fingerprint density at radius 1 is 0.929 bits per heavy atom. The van der Waals surface area contributed by atoms with Crippen LogP contribution in [0.15, 0.2) is 89.8 Å². The fraction of sp³-hybridized carbons (Fsp3) is 0.394. The number of nitrogens with zero attached hydrogens (tertiary/aromatic N) is 2. The van der Waals surface area contributed by atoms with Crippen LogP contribution >= 0.6 is 0 Å². The Morgan fingerprint density at radius 3 is 2.14 bits per heavy atom. The molecule has 9 heteroatoms. The molecular formula is C33H41N3O5S. The van der Waals surface area contributed by atoms with E-state index >= 15 is 0 Å². The van der Waals surface area contributed by atoms with Crippen LogP contribution in [0.3, 0.4) is 0 Å². The van der Waals surface area contributed by atoms with Gasteiger partial charge in [-0.3, -0.25) is 4.79 Å². The maximum atomic E-state index is 13.2. The molecule has 1 heterocycles. The zero-order chi connectivity index (χ0) is 30.0. The summed E-state index contributed by atoms with van der Waals surface area (Å²) < 4.78 is 28.9.